The van der Waals surface area contributed by atoms with Crippen molar-refractivity contribution in [3.05, 3.63) is 59.2 Å². The van der Waals surface area contributed by atoms with Gasteiger partial charge in [-0.3, -0.25) is 5.10 Å². The number of benzene rings is 1. The minimum atomic E-state index is 0.438. The van der Waals surface area contributed by atoms with Crippen LogP contribution in [0.1, 0.15) is 11.4 Å². The number of nitrogens with one attached hydrogen (secondary N) is 1. The van der Waals surface area contributed by atoms with Gasteiger partial charge in [-0.15, -0.1) is 11.3 Å². The van der Waals surface area contributed by atoms with Gasteiger partial charge in [0, 0.05) is 0 Å². The highest BCUT2D eigenvalue weighted by molar-refractivity contribution is 7.13. The van der Waals surface area contributed by atoms with Gasteiger partial charge in [0.05, 0.1) is 11.5 Å². The number of hydrogen-bond donors (Lipinski definition) is 1. The minimum Gasteiger partial charge on any atom is -0.369 e. The number of aromatic nitrogens is 3. The Hall–Kier alpha value is -1.98. The molecule has 19 heavy (non-hydrogen) atoms. The number of H-pyrrole nitrogens is 1. The fourth-order valence-corrected chi connectivity index (χ4v) is 2.37. The van der Waals surface area contributed by atoms with Crippen LogP contribution in [0.2, 0.25) is 0 Å². The molecule has 2 heterocycles. The topological polar surface area (TPSA) is 50.8 Å². The summed E-state index contributed by atoms with van der Waals surface area (Å²) in [6.45, 7) is 1.02. The first kappa shape index (κ1) is 12.1. The number of rotatable bonds is 5. The van der Waals surface area contributed by atoms with Crippen LogP contribution in [-0.4, -0.2) is 15.2 Å². The second kappa shape index (κ2) is 5.77. The second-order valence-corrected chi connectivity index (χ2v) is 5.01. The molecule has 0 unspecified atom stereocenters. The molecule has 0 spiro atoms. The lowest BCUT2D eigenvalue weighted by molar-refractivity contribution is 0.102. The highest BCUT2D eigenvalue weighted by Gasteiger charge is 2.06. The molecule has 3 rings (SSSR count). The van der Waals surface area contributed by atoms with Crippen LogP contribution in [0.4, 0.5) is 0 Å². The molecule has 0 aliphatic carbocycles. The Bertz CT molecular complexity index is 619. The Labute approximate surface area is 115 Å². The predicted octanol–water partition coefficient (Wildman–Crippen LogP) is 3.25. The number of aromatic amines is 1. The fourth-order valence-electron chi connectivity index (χ4n) is 1.72. The average molecular weight is 271 g/mol. The first-order valence-electron chi connectivity index (χ1n) is 5.98. The van der Waals surface area contributed by atoms with Crippen LogP contribution < -0.4 is 0 Å². The largest absolute Gasteiger partial charge is 0.369 e. The van der Waals surface area contributed by atoms with E-state index in [0.29, 0.717) is 13.2 Å². The fraction of sp³-hybridized carbons (Fsp3) is 0.143. The Morgan fingerprint density at radius 3 is 2.74 bits per heavy atom. The molecular formula is C14H13N3OS. The van der Waals surface area contributed by atoms with E-state index in [1.165, 1.54) is 0 Å². The van der Waals surface area contributed by atoms with E-state index in [9.17, 15) is 0 Å². The molecule has 0 radical (unpaired) electrons. The molecule has 0 saturated carbocycles. The van der Waals surface area contributed by atoms with Crippen LogP contribution in [0.5, 0.6) is 0 Å². The van der Waals surface area contributed by atoms with Crippen molar-refractivity contribution in [3.8, 4) is 10.7 Å². The molecule has 0 atom stereocenters. The van der Waals surface area contributed by atoms with Crippen molar-refractivity contribution in [2.24, 2.45) is 0 Å². The summed E-state index contributed by atoms with van der Waals surface area (Å²) in [4.78, 5) is 5.46. The first-order valence-corrected chi connectivity index (χ1v) is 6.86. The van der Waals surface area contributed by atoms with Gasteiger partial charge in [0.15, 0.2) is 11.6 Å². The van der Waals surface area contributed by atoms with Crippen LogP contribution in [0, 0.1) is 0 Å². The molecular weight excluding hydrogens is 258 g/mol. The minimum absolute atomic E-state index is 0.438. The summed E-state index contributed by atoms with van der Waals surface area (Å²) in [5.41, 5.74) is 1.15. The van der Waals surface area contributed by atoms with Gasteiger partial charge in [0.1, 0.15) is 6.61 Å². The van der Waals surface area contributed by atoms with E-state index >= 15 is 0 Å². The van der Waals surface area contributed by atoms with E-state index < -0.39 is 0 Å². The number of thiophene rings is 1. The van der Waals surface area contributed by atoms with Crippen LogP contribution >= 0.6 is 11.3 Å². The third-order valence-electron chi connectivity index (χ3n) is 2.62. The predicted molar refractivity (Wildman–Crippen MR) is 74.6 cm³/mol. The lowest BCUT2D eigenvalue weighted by Crippen LogP contribution is -1.95. The van der Waals surface area contributed by atoms with Gasteiger partial charge in [-0.25, -0.2) is 4.98 Å². The molecule has 0 amide bonds. The Balaban J connectivity index is 1.56. The van der Waals surface area contributed by atoms with Gasteiger partial charge in [-0.2, -0.15) is 5.10 Å². The average Bonchev–Trinajstić information content (AvgIpc) is 3.10. The van der Waals surface area contributed by atoms with E-state index in [4.69, 9.17) is 4.74 Å². The Morgan fingerprint density at radius 1 is 1.05 bits per heavy atom. The van der Waals surface area contributed by atoms with Crippen LogP contribution in [0.25, 0.3) is 10.7 Å². The zero-order valence-electron chi connectivity index (χ0n) is 10.2. The monoisotopic (exact) mass is 271 g/mol. The third kappa shape index (κ3) is 3.07. The molecule has 2 aromatic heterocycles. The van der Waals surface area contributed by atoms with Crippen molar-refractivity contribution in [1.29, 1.82) is 0 Å². The maximum Gasteiger partial charge on any atom is 0.191 e. The smallest absolute Gasteiger partial charge is 0.191 e. The molecule has 0 aliphatic heterocycles. The number of hydrogen-bond acceptors (Lipinski definition) is 4. The molecule has 0 bridgehead atoms. The summed E-state index contributed by atoms with van der Waals surface area (Å²) in [5.74, 6) is 1.48. The van der Waals surface area contributed by atoms with Gasteiger partial charge in [0.25, 0.3) is 0 Å². The van der Waals surface area contributed by atoms with Gasteiger partial charge >= 0.3 is 0 Å². The second-order valence-electron chi connectivity index (χ2n) is 4.06. The highest BCUT2D eigenvalue weighted by Crippen LogP contribution is 2.20. The summed E-state index contributed by atoms with van der Waals surface area (Å²) in [7, 11) is 0. The molecule has 1 aromatic carbocycles. The lowest BCUT2D eigenvalue weighted by atomic mass is 10.2. The summed E-state index contributed by atoms with van der Waals surface area (Å²) in [6, 6.07) is 14.1. The maximum absolute atomic E-state index is 5.61. The quantitative estimate of drug-likeness (QED) is 0.775. The molecule has 96 valence electrons. The lowest BCUT2D eigenvalue weighted by Gasteiger charge is -2.01. The molecule has 1 N–H and O–H groups in total. The van der Waals surface area contributed by atoms with Gasteiger partial charge in [-0.1, -0.05) is 36.4 Å². The molecule has 0 aliphatic rings. The molecule has 0 saturated heterocycles. The maximum atomic E-state index is 5.61. The van der Waals surface area contributed by atoms with Crippen molar-refractivity contribution in [2.75, 3.05) is 0 Å². The summed E-state index contributed by atoms with van der Waals surface area (Å²) in [6.07, 6.45) is 0. The van der Waals surface area contributed by atoms with Crippen molar-refractivity contribution in [2.45, 2.75) is 13.2 Å². The summed E-state index contributed by atoms with van der Waals surface area (Å²) in [5, 5.41) is 9.09. The Morgan fingerprint density at radius 2 is 1.95 bits per heavy atom. The number of ether oxygens (including phenoxy) is 1. The van der Waals surface area contributed by atoms with E-state index in [1.54, 1.807) is 11.3 Å². The van der Waals surface area contributed by atoms with E-state index in [0.717, 1.165) is 22.1 Å². The van der Waals surface area contributed by atoms with E-state index in [-0.39, 0.29) is 0 Å². The van der Waals surface area contributed by atoms with E-state index in [1.807, 2.05) is 47.8 Å². The Kier molecular flexibility index (Phi) is 3.67. The van der Waals surface area contributed by atoms with Crippen LogP contribution in [0.15, 0.2) is 47.8 Å². The zero-order valence-corrected chi connectivity index (χ0v) is 11.1. The van der Waals surface area contributed by atoms with Crippen molar-refractivity contribution in [3.63, 3.8) is 0 Å². The van der Waals surface area contributed by atoms with Crippen molar-refractivity contribution >= 4 is 11.3 Å². The highest BCUT2D eigenvalue weighted by atomic mass is 32.1. The standard InChI is InChI=1S/C14H13N3OS/c1-2-5-11(6-3-1)9-18-10-13-15-14(17-16-13)12-7-4-8-19-12/h1-8H,9-10H2,(H,15,16,17). The summed E-state index contributed by atoms with van der Waals surface area (Å²) < 4.78 is 5.61. The summed E-state index contributed by atoms with van der Waals surface area (Å²) >= 11 is 1.62. The van der Waals surface area contributed by atoms with E-state index in [2.05, 4.69) is 15.2 Å². The van der Waals surface area contributed by atoms with Crippen LogP contribution in [0.3, 0.4) is 0 Å². The van der Waals surface area contributed by atoms with Crippen molar-refractivity contribution < 1.29 is 4.74 Å². The zero-order chi connectivity index (χ0) is 12.9. The molecule has 0 fully saturated rings. The van der Waals surface area contributed by atoms with Gasteiger partial charge < -0.3 is 4.74 Å². The normalized spacial score (nSPS) is 10.7. The van der Waals surface area contributed by atoms with Gasteiger partial charge in [0.2, 0.25) is 0 Å². The van der Waals surface area contributed by atoms with Crippen molar-refractivity contribution in [1.82, 2.24) is 15.2 Å². The van der Waals surface area contributed by atoms with Crippen LogP contribution in [-0.2, 0) is 18.0 Å². The van der Waals surface area contributed by atoms with Gasteiger partial charge in [-0.05, 0) is 17.0 Å². The first-order chi connectivity index (χ1) is 9.42. The molecule has 4 nitrogen and oxygen atoms in total. The molecule has 3 aromatic rings. The number of nitrogens with zero attached hydrogens (tertiary/aromatic N) is 2. The third-order valence-corrected chi connectivity index (χ3v) is 3.49. The molecule has 5 heteroatoms. The SMILES string of the molecule is c1ccc(COCc2nc(-c3cccs3)n[nH]2)cc1.